The molecule has 26 heavy (non-hydrogen) atoms. The van der Waals surface area contributed by atoms with Crippen LogP contribution in [0.2, 0.25) is 0 Å². The number of nitrogens with one attached hydrogen (secondary N) is 2. The van der Waals surface area contributed by atoms with E-state index in [1.807, 2.05) is 13.8 Å². The molecule has 2 saturated heterocycles. The Bertz CT molecular complexity index is 827. The molecule has 1 amide bonds. The lowest BCUT2D eigenvalue weighted by molar-refractivity contribution is -0.131. The van der Waals surface area contributed by atoms with Crippen molar-refractivity contribution in [2.75, 3.05) is 33.3 Å². The van der Waals surface area contributed by atoms with Gasteiger partial charge in [0.25, 0.3) is 0 Å². The zero-order valence-corrected chi connectivity index (χ0v) is 16.6. The Hall–Kier alpha value is -1.64. The average molecular weight is 381 g/mol. The summed E-state index contributed by atoms with van der Waals surface area (Å²) in [5.74, 6) is 0.674. The van der Waals surface area contributed by atoms with E-state index >= 15 is 0 Å². The molecule has 144 valence electrons. The molecule has 0 bridgehead atoms. The van der Waals surface area contributed by atoms with Crippen molar-refractivity contribution in [2.24, 2.45) is 0 Å². The van der Waals surface area contributed by atoms with Gasteiger partial charge >= 0.3 is 0 Å². The monoisotopic (exact) mass is 381 g/mol. The molecule has 3 rings (SSSR count). The van der Waals surface area contributed by atoms with E-state index in [-0.39, 0.29) is 5.91 Å². The van der Waals surface area contributed by atoms with Crippen LogP contribution in [0.1, 0.15) is 29.5 Å². The van der Waals surface area contributed by atoms with Gasteiger partial charge in [0.15, 0.2) is 0 Å². The Kier molecular flexibility index (Phi) is 5.02. The number of rotatable bonds is 3. The minimum absolute atomic E-state index is 0.0200. The van der Waals surface area contributed by atoms with Crippen LogP contribution in [-0.4, -0.2) is 57.5 Å². The van der Waals surface area contributed by atoms with Crippen molar-refractivity contribution in [3.8, 4) is 5.75 Å². The lowest BCUT2D eigenvalue weighted by Crippen LogP contribution is -2.66. The van der Waals surface area contributed by atoms with Crippen LogP contribution in [0.5, 0.6) is 5.75 Å². The highest BCUT2D eigenvalue weighted by Crippen LogP contribution is 2.34. The summed E-state index contributed by atoms with van der Waals surface area (Å²) < 4.78 is 33.4. The standard InChI is InChI=1S/C18H27N3O4S/c1-12-11-15(25-4)13(2)14(3)16(12)26(23,24)21-9-5-18(6-10-21)17(22)19-7-8-20-18/h11,20H,5-10H2,1-4H3,(H,19,22). The van der Waals surface area contributed by atoms with Gasteiger partial charge in [-0.25, -0.2) is 8.42 Å². The second kappa shape index (κ2) is 6.83. The topological polar surface area (TPSA) is 87.7 Å². The van der Waals surface area contributed by atoms with Crippen molar-refractivity contribution >= 4 is 15.9 Å². The molecular weight excluding hydrogens is 354 g/mol. The summed E-state index contributed by atoms with van der Waals surface area (Å²) in [4.78, 5) is 12.6. The molecule has 1 aromatic carbocycles. The Labute approximate surface area is 155 Å². The highest BCUT2D eigenvalue weighted by molar-refractivity contribution is 7.89. The van der Waals surface area contributed by atoms with E-state index in [0.29, 0.717) is 55.2 Å². The number of nitrogens with zero attached hydrogens (tertiary/aromatic N) is 1. The van der Waals surface area contributed by atoms with Gasteiger partial charge in [-0.3, -0.25) is 4.79 Å². The molecule has 1 aromatic rings. The average Bonchev–Trinajstić information content (AvgIpc) is 2.61. The largest absolute Gasteiger partial charge is 0.496 e. The van der Waals surface area contributed by atoms with Crippen LogP contribution in [0.15, 0.2) is 11.0 Å². The van der Waals surface area contributed by atoms with E-state index in [1.54, 1.807) is 20.1 Å². The number of sulfonamides is 1. The lowest BCUT2D eigenvalue weighted by Gasteiger charge is -2.43. The smallest absolute Gasteiger partial charge is 0.243 e. The Morgan fingerprint density at radius 3 is 2.35 bits per heavy atom. The van der Waals surface area contributed by atoms with Crippen molar-refractivity contribution in [3.63, 3.8) is 0 Å². The molecule has 0 atom stereocenters. The fourth-order valence-corrected chi connectivity index (χ4v) is 5.93. The van der Waals surface area contributed by atoms with Crippen LogP contribution in [0.3, 0.4) is 0 Å². The molecule has 7 nitrogen and oxygen atoms in total. The first-order valence-electron chi connectivity index (χ1n) is 8.91. The Morgan fingerprint density at radius 2 is 1.77 bits per heavy atom. The van der Waals surface area contributed by atoms with Crippen molar-refractivity contribution in [2.45, 2.75) is 44.0 Å². The van der Waals surface area contributed by atoms with E-state index in [2.05, 4.69) is 10.6 Å². The van der Waals surface area contributed by atoms with Gasteiger partial charge in [-0.15, -0.1) is 0 Å². The van der Waals surface area contributed by atoms with Crippen molar-refractivity contribution < 1.29 is 17.9 Å². The molecule has 8 heteroatoms. The summed E-state index contributed by atoms with van der Waals surface area (Å²) >= 11 is 0. The van der Waals surface area contributed by atoms with E-state index < -0.39 is 15.6 Å². The van der Waals surface area contributed by atoms with Crippen molar-refractivity contribution in [3.05, 3.63) is 22.8 Å². The van der Waals surface area contributed by atoms with Gasteiger partial charge in [0.1, 0.15) is 11.3 Å². The van der Waals surface area contributed by atoms with Crippen LogP contribution in [0, 0.1) is 20.8 Å². The molecule has 2 N–H and O–H groups in total. The molecular formula is C18H27N3O4S. The molecule has 0 aromatic heterocycles. The lowest BCUT2D eigenvalue weighted by atomic mass is 9.86. The molecule has 2 fully saturated rings. The van der Waals surface area contributed by atoms with E-state index in [4.69, 9.17) is 4.74 Å². The third kappa shape index (κ3) is 3.00. The molecule has 2 aliphatic rings. The summed E-state index contributed by atoms with van der Waals surface area (Å²) in [6.07, 6.45) is 0.955. The maximum Gasteiger partial charge on any atom is 0.243 e. The van der Waals surface area contributed by atoms with Gasteiger partial charge < -0.3 is 15.4 Å². The fourth-order valence-electron chi connectivity index (χ4n) is 4.00. The number of piperazine rings is 1. The molecule has 0 aliphatic carbocycles. The van der Waals surface area contributed by atoms with Gasteiger partial charge in [-0.1, -0.05) is 0 Å². The van der Waals surface area contributed by atoms with Gasteiger partial charge in [-0.05, 0) is 56.4 Å². The first-order valence-corrected chi connectivity index (χ1v) is 10.4. The predicted octanol–water partition coefficient (Wildman–Crippen LogP) is 0.863. The second-order valence-electron chi connectivity index (χ2n) is 7.14. The molecule has 2 aliphatic heterocycles. The maximum atomic E-state index is 13.3. The normalized spacial score (nSPS) is 20.8. The third-order valence-corrected chi connectivity index (χ3v) is 7.87. The number of carbonyl (C=O) groups is 1. The quantitative estimate of drug-likeness (QED) is 0.811. The van der Waals surface area contributed by atoms with Crippen LogP contribution in [0.4, 0.5) is 0 Å². The molecule has 0 radical (unpaired) electrons. The zero-order chi connectivity index (χ0) is 19.1. The van der Waals surface area contributed by atoms with E-state index in [1.165, 1.54) is 4.31 Å². The highest BCUT2D eigenvalue weighted by Gasteiger charge is 2.45. The number of piperidine rings is 1. The summed E-state index contributed by atoms with van der Waals surface area (Å²) in [6, 6.07) is 1.77. The number of carbonyl (C=O) groups excluding carboxylic acids is 1. The van der Waals surface area contributed by atoms with E-state index in [9.17, 15) is 13.2 Å². The van der Waals surface area contributed by atoms with Crippen molar-refractivity contribution in [1.82, 2.24) is 14.9 Å². The summed E-state index contributed by atoms with van der Waals surface area (Å²) in [5.41, 5.74) is 1.59. The van der Waals surface area contributed by atoms with E-state index in [0.717, 1.165) is 11.1 Å². The van der Waals surface area contributed by atoms with Gasteiger partial charge in [0, 0.05) is 26.2 Å². The van der Waals surface area contributed by atoms with Crippen LogP contribution in [0.25, 0.3) is 0 Å². The number of benzene rings is 1. The van der Waals surface area contributed by atoms with Gasteiger partial charge in [0.05, 0.1) is 12.0 Å². The Balaban J connectivity index is 1.89. The van der Waals surface area contributed by atoms with Crippen LogP contribution < -0.4 is 15.4 Å². The van der Waals surface area contributed by atoms with Gasteiger partial charge in [0.2, 0.25) is 15.9 Å². The van der Waals surface area contributed by atoms with Crippen LogP contribution in [-0.2, 0) is 14.8 Å². The number of aryl methyl sites for hydroxylation is 1. The maximum absolute atomic E-state index is 13.3. The number of hydrogen-bond acceptors (Lipinski definition) is 5. The molecule has 0 unspecified atom stereocenters. The summed E-state index contributed by atoms with van der Waals surface area (Å²) in [6.45, 7) is 7.47. The van der Waals surface area contributed by atoms with Gasteiger partial charge in [-0.2, -0.15) is 4.31 Å². The molecule has 2 heterocycles. The fraction of sp³-hybridized carbons (Fsp3) is 0.611. The third-order valence-electron chi connectivity index (χ3n) is 5.68. The minimum atomic E-state index is -3.63. The van der Waals surface area contributed by atoms with Crippen LogP contribution >= 0.6 is 0 Å². The van der Waals surface area contributed by atoms with Crippen molar-refractivity contribution in [1.29, 1.82) is 0 Å². The number of ether oxygens (including phenoxy) is 1. The minimum Gasteiger partial charge on any atom is -0.496 e. The number of methoxy groups -OCH3 is 1. The highest BCUT2D eigenvalue weighted by atomic mass is 32.2. The summed E-state index contributed by atoms with van der Waals surface area (Å²) in [5, 5.41) is 6.18. The molecule has 0 saturated carbocycles. The predicted molar refractivity (Wildman–Crippen MR) is 98.9 cm³/mol. The number of amides is 1. The zero-order valence-electron chi connectivity index (χ0n) is 15.8. The first kappa shape index (κ1) is 19.1. The Morgan fingerprint density at radius 1 is 1.12 bits per heavy atom. The number of hydrogen-bond donors (Lipinski definition) is 2. The first-order chi connectivity index (χ1) is 12.2. The second-order valence-corrected chi connectivity index (χ2v) is 9.02. The summed E-state index contributed by atoms with van der Waals surface area (Å²) in [7, 11) is -2.04. The molecule has 1 spiro atoms. The SMILES string of the molecule is COc1cc(C)c(S(=O)(=O)N2CCC3(CC2)NCCNC3=O)c(C)c1C.